The highest BCUT2D eigenvalue weighted by Crippen LogP contribution is 2.00. The third-order valence-electron chi connectivity index (χ3n) is 1.79. The normalized spacial score (nSPS) is 10.3. The molecule has 80 valence electrons. The zero-order chi connectivity index (χ0) is 11.2. The third-order valence-corrected chi connectivity index (χ3v) is 1.79. The van der Waals surface area contributed by atoms with Gasteiger partial charge < -0.3 is 0 Å². The summed E-state index contributed by atoms with van der Waals surface area (Å²) in [7, 11) is 0. The van der Waals surface area contributed by atoms with Crippen LogP contribution in [0, 0.1) is 11.3 Å². The third kappa shape index (κ3) is 12.3. The van der Waals surface area contributed by atoms with Gasteiger partial charge in [0.2, 0.25) is 0 Å². The van der Waals surface area contributed by atoms with Crippen LogP contribution in [0.3, 0.4) is 0 Å². The smallest absolute Gasteiger partial charge is 0.0908 e. The van der Waals surface area contributed by atoms with Crippen molar-refractivity contribution < 1.29 is 0 Å². The average molecular weight is 204 g/mol. The molecule has 0 unspecified atom stereocenters. The summed E-state index contributed by atoms with van der Waals surface area (Å²) in [4.78, 5) is 2.68. The number of hydrogen-bond donors (Lipinski definition) is 0. The van der Waals surface area contributed by atoms with Crippen molar-refractivity contribution in [3.05, 3.63) is 34.7 Å². The topological polar surface area (TPSA) is 72.5 Å². The largest absolute Gasteiger partial charge is 0.193 e. The molecule has 0 aromatic rings. The van der Waals surface area contributed by atoms with Crippen LogP contribution in [0.4, 0.5) is 0 Å². The van der Waals surface area contributed by atoms with Crippen molar-refractivity contribution in [2.45, 2.75) is 32.1 Å². The number of hydrogen-bond acceptors (Lipinski definition) is 2. The SMILES string of the molecule is N#C/C=C/CCC/C=C/CCCN=[N+]=[N-]. The number of rotatable bonds is 8. The molecular formula is C11H16N4. The predicted octanol–water partition coefficient (Wildman–Crippen LogP) is 3.88. The van der Waals surface area contributed by atoms with Crippen molar-refractivity contribution in [2.75, 3.05) is 6.54 Å². The van der Waals surface area contributed by atoms with E-state index in [2.05, 4.69) is 22.2 Å². The molecule has 0 aliphatic heterocycles. The predicted molar refractivity (Wildman–Crippen MR) is 61.0 cm³/mol. The fourth-order valence-electron chi connectivity index (χ4n) is 1.05. The van der Waals surface area contributed by atoms with Crippen molar-refractivity contribution in [3.63, 3.8) is 0 Å². The zero-order valence-corrected chi connectivity index (χ0v) is 8.84. The summed E-state index contributed by atoms with van der Waals surface area (Å²) >= 11 is 0. The Balaban J connectivity index is 3.21. The van der Waals surface area contributed by atoms with Gasteiger partial charge >= 0.3 is 0 Å². The molecule has 4 nitrogen and oxygen atoms in total. The van der Waals surface area contributed by atoms with Crippen molar-refractivity contribution in [1.29, 1.82) is 5.26 Å². The molecule has 0 amide bonds. The summed E-state index contributed by atoms with van der Waals surface area (Å²) in [6.07, 6.45) is 12.6. The molecule has 15 heavy (non-hydrogen) atoms. The number of nitrogens with zero attached hydrogens (tertiary/aromatic N) is 4. The summed E-state index contributed by atoms with van der Waals surface area (Å²) in [6.45, 7) is 0.575. The number of nitriles is 1. The Kier molecular flexibility index (Phi) is 10.9. The van der Waals surface area contributed by atoms with Crippen LogP contribution in [0.5, 0.6) is 0 Å². The quantitative estimate of drug-likeness (QED) is 0.148. The van der Waals surface area contributed by atoms with Crippen molar-refractivity contribution >= 4 is 0 Å². The summed E-state index contributed by atoms with van der Waals surface area (Å²) in [5.74, 6) is 0. The minimum atomic E-state index is 0.575. The molecule has 0 bridgehead atoms. The molecule has 0 saturated heterocycles. The van der Waals surface area contributed by atoms with Gasteiger partial charge in [0.1, 0.15) is 0 Å². The van der Waals surface area contributed by atoms with E-state index in [0.29, 0.717) is 6.54 Å². The first-order chi connectivity index (χ1) is 7.41. The highest BCUT2D eigenvalue weighted by atomic mass is 15.1. The summed E-state index contributed by atoms with van der Waals surface area (Å²) in [6, 6.07) is 1.96. The monoisotopic (exact) mass is 204 g/mol. The first-order valence-corrected chi connectivity index (χ1v) is 5.12. The molecule has 0 aromatic heterocycles. The minimum absolute atomic E-state index is 0.575. The molecule has 0 saturated carbocycles. The first kappa shape index (κ1) is 13.3. The molecule has 0 aliphatic rings. The Hall–Kier alpha value is -1.72. The highest BCUT2D eigenvalue weighted by Gasteiger charge is 1.82. The van der Waals surface area contributed by atoms with E-state index in [0.717, 1.165) is 32.1 Å². The van der Waals surface area contributed by atoms with Gasteiger partial charge in [-0.3, -0.25) is 0 Å². The van der Waals surface area contributed by atoms with E-state index in [-0.39, 0.29) is 0 Å². The molecule has 0 aromatic carbocycles. The van der Waals surface area contributed by atoms with E-state index < -0.39 is 0 Å². The van der Waals surface area contributed by atoms with Crippen LogP contribution < -0.4 is 0 Å². The van der Waals surface area contributed by atoms with E-state index >= 15 is 0 Å². The van der Waals surface area contributed by atoms with Gasteiger partial charge in [-0.1, -0.05) is 23.3 Å². The van der Waals surface area contributed by atoms with Gasteiger partial charge in [-0.15, -0.1) is 0 Å². The maximum absolute atomic E-state index is 8.22. The zero-order valence-electron chi connectivity index (χ0n) is 8.84. The Morgan fingerprint density at radius 2 is 1.80 bits per heavy atom. The second-order valence-corrected chi connectivity index (χ2v) is 3.03. The fourth-order valence-corrected chi connectivity index (χ4v) is 1.05. The summed E-state index contributed by atoms with van der Waals surface area (Å²) in [5.41, 5.74) is 8.02. The molecule has 0 aliphatic carbocycles. The summed E-state index contributed by atoms with van der Waals surface area (Å²) in [5, 5.41) is 11.7. The van der Waals surface area contributed by atoms with E-state index in [1.54, 1.807) is 0 Å². The lowest BCUT2D eigenvalue weighted by Crippen LogP contribution is -1.76. The van der Waals surface area contributed by atoms with Crippen LogP contribution in [0.2, 0.25) is 0 Å². The van der Waals surface area contributed by atoms with E-state index in [1.807, 2.05) is 12.1 Å². The van der Waals surface area contributed by atoms with Crippen LogP contribution in [-0.4, -0.2) is 6.54 Å². The Bertz CT molecular complexity index is 279. The van der Waals surface area contributed by atoms with E-state index in [4.69, 9.17) is 10.8 Å². The van der Waals surface area contributed by atoms with Gasteiger partial charge in [-0.05, 0) is 37.6 Å². The van der Waals surface area contributed by atoms with Gasteiger partial charge in [-0.2, -0.15) is 5.26 Å². The van der Waals surface area contributed by atoms with Crippen LogP contribution in [0.1, 0.15) is 32.1 Å². The Morgan fingerprint density at radius 3 is 2.47 bits per heavy atom. The molecule has 0 atom stereocenters. The Labute approximate surface area is 90.5 Å². The van der Waals surface area contributed by atoms with E-state index in [1.165, 1.54) is 6.08 Å². The number of unbranched alkanes of at least 4 members (excludes halogenated alkanes) is 3. The molecule has 0 heterocycles. The van der Waals surface area contributed by atoms with Crippen molar-refractivity contribution in [1.82, 2.24) is 0 Å². The number of allylic oxidation sites excluding steroid dienone is 4. The van der Waals surface area contributed by atoms with Crippen molar-refractivity contribution in [3.8, 4) is 6.07 Å². The second-order valence-electron chi connectivity index (χ2n) is 3.03. The highest BCUT2D eigenvalue weighted by molar-refractivity contribution is 5.01. The first-order valence-electron chi connectivity index (χ1n) is 5.12. The van der Waals surface area contributed by atoms with Gasteiger partial charge in [0, 0.05) is 17.5 Å². The Morgan fingerprint density at radius 1 is 1.13 bits per heavy atom. The van der Waals surface area contributed by atoms with Gasteiger partial charge in [0.05, 0.1) is 6.07 Å². The standard InChI is InChI=1S/C11H16N4/c12-10-8-6-4-2-1-3-5-7-9-11-14-15-13/h3,5-6,8H,1-2,4,7,9,11H2/b5-3+,8-6+. The minimum Gasteiger partial charge on any atom is -0.193 e. The van der Waals surface area contributed by atoms with Crippen molar-refractivity contribution in [2.24, 2.45) is 5.11 Å². The molecular weight excluding hydrogens is 188 g/mol. The maximum atomic E-state index is 8.22. The van der Waals surface area contributed by atoms with Crippen LogP contribution in [-0.2, 0) is 0 Å². The van der Waals surface area contributed by atoms with Gasteiger partial charge in [-0.25, -0.2) is 0 Å². The van der Waals surface area contributed by atoms with E-state index in [9.17, 15) is 0 Å². The van der Waals surface area contributed by atoms with Gasteiger partial charge in [0.15, 0.2) is 0 Å². The van der Waals surface area contributed by atoms with Crippen LogP contribution in [0.15, 0.2) is 29.4 Å². The summed E-state index contributed by atoms with van der Waals surface area (Å²) < 4.78 is 0. The molecule has 0 rings (SSSR count). The lowest BCUT2D eigenvalue weighted by Gasteiger charge is -1.90. The fraction of sp³-hybridized carbons (Fsp3) is 0.545. The number of azide groups is 1. The maximum Gasteiger partial charge on any atom is 0.0908 e. The van der Waals surface area contributed by atoms with Crippen LogP contribution in [0.25, 0.3) is 10.4 Å². The molecule has 0 fully saturated rings. The second kappa shape index (κ2) is 12.3. The van der Waals surface area contributed by atoms with Gasteiger partial charge in [0.25, 0.3) is 0 Å². The molecule has 0 spiro atoms. The van der Waals surface area contributed by atoms with Crippen LogP contribution >= 0.6 is 0 Å². The average Bonchev–Trinajstić information content (AvgIpc) is 2.26. The lowest BCUT2D eigenvalue weighted by molar-refractivity contribution is 0.831. The molecule has 0 radical (unpaired) electrons. The lowest BCUT2D eigenvalue weighted by atomic mass is 10.2. The molecule has 4 heteroatoms. The molecule has 0 N–H and O–H groups in total.